The summed E-state index contributed by atoms with van der Waals surface area (Å²) in [7, 11) is 0. The van der Waals surface area contributed by atoms with Gasteiger partial charge in [0.15, 0.2) is 0 Å². The van der Waals surface area contributed by atoms with Crippen molar-refractivity contribution in [1.29, 1.82) is 0 Å². The van der Waals surface area contributed by atoms with E-state index < -0.39 is 18.2 Å². The number of allylic oxidation sites excluding steroid dienone is 6. The Bertz CT molecular complexity index is 1010. The van der Waals surface area contributed by atoms with Gasteiger partial charge in [0.2, 0.25) is 5.91 Å². The Balaban J connectivity index is 4.64. The van der Waals surface area contributed by atoms with E-state index in [4.69, 9.17) is 4.74 Å². The van der Waals surface area contributed by atoms with Gasteiger partial charge < -0.3 is 20.3 Å². The van der Waals surface area contributed by atoms with Crippen molar-refractivity contribution in [1.82, 2.24) is 5.32 Å². The number of amides is 1. The molecule has 0 spiro atoms. The van der Waals surface area contributed by atoms with E-state index >= 15 is 0 Å². The molecule has 0 aromatic heterocycles. The second-order valence-corrected chi connectivity index (χ2v) is 18.3. The third-order valence-electron chi connectivity index (χ3n) is 12.2. The van der Waals surface area contributed by atoms with Crippen LogP contribution in [-0.2, 0) is 14.3 Å². The van der Waals surface area contributed by atoms with Crippen LogP contribution in [0.2, 0.25) is 0 Å². The average molecular weight is 858 g/mol. The Labute approximate surface area is 379 Å². The number of hydrogen-bond donors (Lipinski definition) is 3. The molecule has 0 bridgehead atoms. The maximum Gasteiger partial charge on any atom is 0.306 e. The Morgan fingerprint density at radius 2 is 0.836 bits per heavy atom. The van der Waals surface area contributed by atoms with Crippen molar-refractivity contribution in [3.8, 4) is 0 Å². The fraction of sp³-hybridized carbons (Fsp3) is 0.855. The van der Waals surface area contributed by atoms with Crippen molar-refractivity contribution in [3.63, 3.8) is 0 Å². The van der Waals surface area contributed by atoms with Crippen LogP contribution in [0.3, 0.4) is 0 Å². The van der Waals surface area contributed by atoms with E-state index in [-0.39, 0.29) is 24.9 Å². The maximum atomic E-state index is 13.2. The minimum Gasteiger partial charge on any atom is -0.462 e. The van der Waals surface area contributed by atoms with Crippen molar-refractivity contribution < 1.29 is 24.5 Å². The van der Waals surface area contributed by atoms with E-state index in [1.54, 1.807) is 0 Å². The van der Waals surface area contributed by atoms with Crippen molar-refractivity contribution >= 4 is 11.9 Å². The third kappa shape index (κ3) is 44.5. The number of nitrogens with one attached hydrogen (secondary N) is 1. The number of unbranched alkanes of at least 4 members (excludes halogenated alkanes) is 31. The molecule has 3 unspecified atom stereocenters. The van der Waals surface area contributed by atoms with Gasteiger partial charge in [-0.2, -0.15) is 0 Å². The van der Waals surface area contributed by atoms with Crippen molar-refractivity contribution in [2.24, 2.45) is 0 Å². The lowest BCUT2D eigenvalue weighted by Gasteiger charge is -2.24. The van der Waals surface area contributed by atoms with E-state index in [1.165, 1.54) is 154 Å². The van der Waals surface area contributed by atoms with Gasteiger partial charge in [-0.3, -0.25) is 9.59 Å². The third-order valence-corrected chi connectivity index (χ3v) is 12.2. The molecular weight excluding hydrogens is 755 g/mol. The Kier molecular flexibility index (Phi) is 47.6. The van der Waals surface area contributed by atoms with Crippen LogP contribution in [0.1, 0.15) is 278 Å². The SMILES string of the molecule is CCCCCCCC/C=C\CCCCCC(=O)OC(CCCCC/C=C/C=C/CCCCCCCCC)CC(=O)NC(CO)C(O)CCCCCCCCCCCCCCC. The van der Waals surface area contributed by atoms with Crippen LogP contribution in [0.15, 0.2) is 36.5 Å². The number of aliphatic hydroxyl groups excluding tert-OH is 2. The molecule has 6 nitrogen and oxygen atoms in total. The molecule has 0 aromatic carbocycles. The second kappa shape index (κ2) is 49.1. The van der Waals surface area contributed by atoms with Gasteiger partial charge in [-0.1, -0.05) is 224 Å². The van der Waals surface area contributed by atoms with Crippen LogP contribution in [0.25, 0.3) is 0 Å². The molecule has 6 heteroatoms. The topological polar surface area (TPSA) is 95.9 Å². The number of esters is 1. The first kappa shape index (κ1) is 59.1. The quantitative estimate of drug-likeness (QED) is 0.0245. The summed E-state index contributed by atoms with van der Waals surface area (Å²) >= 11 is 0. The predicted octanol–water partition coefficient (Wildman–Crippen LogP) is 16.1. The van der Waals surface area contributed by atoms with Crippen LogP contribution in [0.5, 0.6) is 0 Å². The molecule has 0 heterocycles. The van der Waals surface area contributed by atoms with Gasteiger partial charge in [-0.15, -0.1) is 0 Å². The van der Waals surface area contributed by atoms with Crippen LogP contribution >= 0.6 is 0 Å². The van der Waals surface area contributed by atoms with Crippen LogP contribution in [0.4, 0.5) is 0 Å². The van der Waals surface area contributed by atoms with Crippen LogP contribution < -0.4 is 5.32 Å². The molecule has 61 heavy (non-hydrogen) atoms. The van der Waals surface area contributed by atoms with Crippen molar-refractivity contribution in [2.75, 3.05) is 6.61 Å². The molecule has 358 valence electrons. The zero-order valence-electron chi connectivity index (χ0n) is 40.8. The first-order valence-corrected chi connectivity index (χ1v) is 26.7. The van der Waals surface area contributed by atoms with Gasteiger partial charge in [-0.25, -0.2) is 0 Å². The zero-order valence-corrected chi connectivity index (χ0v) is 40.8. The van der Waals surface area contributed by atoms with Gasteiger partial charge in [-0.05, 0) is 77.0 Å². The molecule has 0 aromatic rings. The maximum absolute atomic E-state index is 13.2. The number of aliphatic hydroxyl groups is 2. The normalized spacial score (nSPS) is 13.5. The molecule has 0 rings (SSSR count). The van der Waals surface area contributed by atoms with E-state index in [1.807, 2.05) is 0 Å². The summed E-state index contributed by atoms with van der Waals surface area (Å²) in [4.78, 5) is 26.1. The molecule has 1 amide bonds. The molecule has 0 radical (unpaired) electrons. The number of carbonyl (C=O) groups excluding carboxylic acids is 2. The first-order chi connectivity index (χ1) is 30.0. The number of hydrogen-bond acceptors (Lipinski definition) is 5. The Morgan fingerprint density at radius 1 is 0.475 bits per heavy atom. The lowest BCUT2D eigenvalue weighted by molar-refractivity contribution is -0.151. The molecule has 0 saturated heterocycles. The summed E-state index contributed by atoms with van der Waals surface area (Å²) in [5.41, 5.74) is 0. The highest BCUT2D eigenvalue weighted by Gasteiger charge is 2.24. The fourth-order valence-corrected chi connectivity index (χ4v) is 8.12. The van der Waals surface area contributed by atoms with Crippen molar-refractivity contribution in [2.45, 2.75) is 296 Å². The summed E-state index contributed by atoms with van der Waals surface area (Å²) < 4.78 is 5.92. The highest BCUT2D eigenvalue weighted by atomic mass is 16.5. The largest absolute Gasteiger partial charge is 0.462 e. The minimum absolute atomic E-state index is 0.0561. The molecule has 0 fully saturated rings. The zero-order chi connectivity index (χ0) is 44.5. The number of ether oxygens (including phenoxy) is 1. The molecule has 0 aliphatic heterocycles. The molecule has 0 aliphatic rings. The van der Waals surface area contributed by atoms with E-state index in [0.717, 1.165) is 77.0 Å². The van der Waals surface area contributed by atoms with Gasteiger partial charge in [0, 0.05) is 6.42 Å². The predicted molar refractivity (Wildman–Crippen MR) is 264 cm³/mol. The molecule has 0 saturated carbocycles. The minimum atomic E-state index is -0.795. The first-order valence-electron chi connectivity index (χ1n) is 26.7. The summed E-state index contributed by atoms with van der Waals surface area (Å²) in [6, 6.07) is -0.711. The lowest BCUT2D eigenvalue weighted by atomic mass is 10.0. The average Bonchev–Trinajstić information content (AvgIpc) is 3.25. The summed E-state index contributed by atoms with van der Waals surface area (Å²) in [6.07, 6.45) is 57.7. The Morgan fingerprint density at radius 3 is 1.28 bits per heavy atom. The highest BCUT2D eigenvalue weighted by molar-refractivity contribution is 5.77. The molecule has 3 atom stereocenters. The smallest absolute Gasteiger partial charge is 0.306 e. The van der Waals surface area contributed by atoms with E-state index in [9.17, 15) is 19.8 Å². The van der Waals surface area contributed by atoms with Crippen LogP contribution in [0, 0.1) is 0 Å². The fourth-order valence-electron chi connectivity index (χ4n) is 8.12. The van der Waals surface area contributed by atoms with Gasteiger partial charge in [0.05, 0.1) is 25.2 Å². The number of rotatable bonds is 48. The standard InChI is InChI=1S/C55H103NO5/c1-4-7-10-13-16-19-22-25-26-27-30-31-34-37-40-43-46-51(61-55(60)48-45-42-39-36-33-29-24-21-18-15-12-9-6-3)49-54(59)56-52(50-57)53(58)47-44-41-38-35-32-28-23-20-17-14-11-8-5-2/h26-27,29-31,33,51-53,57-58H,4-25,28,32,34-50H2,1-3H3,(H,56,59)/b27-26+,31-30+,33-29-. The number of carbonyl (C=O) groups is 2. The summed E-state index contributed by atoms with van der Waals surface area (Å²) in [5.74, 6) is -0.510. The summed E-state index contributed by atoms with van der Waals surface area (Å²) in [5, 5.41) is 23.8. The van der Waals surface area contributed by atoms with Gasteiger partial charge >= 0.3 is 5.97 Å². The lowest BCUT2D eigenvalue weighted by Crippen LogP contribution is -2.46. The highest BCUT2D eigenvalue weighted by Crippen LogP contribution is 2.17. The van der Waals surface area contributed by atoms with E-state index in [0.29, 0.717) is 19.3 Å². The second-order valence-electron chi connectivity index (χ2n) is 18.3. The Hall–Kier alpha value is -1.92. The van der Waals surface area contributed by atoms with Crippen molar-refractivity contribution in [3.05, 3.63) is 36.5 Å². The summed E-state index contributed by atoms with van der Waals surface area (Å²) in [6.45, 7) is 6.47. The molecule has 0 aliphatic carbocycles. The molecule has 3 N–H and O–H groups in total. The van der Waals surface area contributed by atoms with Gasteiger partial charge in [0.25, 0.3) is 0 Å². The monoisotopic (exact) mass is 858 g/mol. The molecular formula is C55H103NO5. The van der Waals surface area contributed by atoms with Crippen LogP contribution in [-0.4, -0.2) is 46.9 Å². The van der Waals surface area contributed by atoms with Gasteiger partial charge in [0.1, 0.15) is 6.10 Å². The van der Waals surface area contributed by atoms with E-state index in [2.05, 4.69) is 62.5 Å².